The second kappa shape index (κ2) is 4.94. The number of nitrogens with one attached hydrogen (secondary N) is 1. The Bertz CT molecular complexity index is 771. The van der Waals surface area contributed by atoms with Gasteiger partial charge in [0.2, 0.25) is 0 Å². The number of anilines is 1. The summed E-state index contributed by atoms with van der Waals surface area (Å²) in [6.45, 7) is 3.16. The molecule has 1 amide bonds. The number of rotatable bonds is 2. The molecule has 3 rings (SSSR count). The van der Waals surface area contributed by atoms with E-state index in [-0.39, 0.29) is 17.8 Å². The number of nitrogens with zero attached hydrogens (tertiary/aromatic N) is 1. The van der Waals surface area contributed by atoms with Gasteiger partial charge in [0.25, 0.3) is 5.91 Å². The molecule has 114 valence electrons. The van der Waals surface area contributed by atoms with Gasteiger partial charge in [0, 0.05) is 12.5 Å². The van der Waals surface area contributed by atoms with E-state index in [4.69, 9.17) is 9.26 Å². The average Bonchev–Trinajstić information content (AvgIpc) is 2.83. The van der Waals surface area contributed by atoms with Crippen molar-refractivity contribution >= 4 is 17.7 Å². The molecule has 1 aromatic carbocycles. The number of aryl methyl sites for hydroxylation is 1. The highest BCUT2D eigenvalue weighted by Crippen LogP contribution is 2.29. The summed E-state index contributed by atoms with van der Waals surface area (Å²) in [4.78, 5) is 24.4. The number of hydrogen-bond acceptors (Lipinski definition) is 5. The molecule has 2 heterocycles. The van der Waals surface area contributed by atoms with Gasteiger partial charge in [0.05, 0.1) is 5.56 Å². The van der Waals surface area contributed by atoms with Gasteiger partial charge >= 0.3 is 5.97 Å². The Hall–Kier alpha value is -2.70. The first-order valence-corrected chi connectivity index (χ1v) is 6.64. The second-order valence-corrected chi connectivity index (χ2v) is 5.38. The van der Waals surface area contributed by atoms with Crippen molar-refractivity contribution < 1.29 is 23.2 Å². The maximum atomic E-state index is 13.3. The van der Waals surface area contributed by atoms with Crippen LogP contribution < -0.4 is 5.32 Å². The molecule has 1 atom stereocenters. The van der Waals surface area contributed by atoms with Crippen LogP contribution in [0.25, 0.3) is 0 Å². The minimum Gasteiger partial charge on any atom is -0.445 e. The predicted octanol–water partition coefficient (Wildman–Crippen LogP) is 2.23. The number of cyclic esters (lactones) is 1. The average molecular weight is 304 g/mol. The van der Waals surface area contributed by atoms with Crippen molar-refractivity contribution in [1.82, 2.24) is 5.16 Å². The highest BCUT2D eigenvalue weighted by Gasteiger charge is 2.43. The van der Waals surface area contributed by atoms with Crippen LogP contribution in [0.5, 0.6) is 0 Å². The number of esters is 1. The largest absolute Gasteiger partial charge is 0.445 e. The van der Waals surface area contributed by atoms with Crippen molar-refractivity contribution in [3.8, 4) is 0 Å². The maximum absolute atomic E-state index is 13.3. The fourth-order valence-electron chi connectivity index (χ4n) is 2.37. The lowest BCUT2D eigenvalue weighted by molar-refractivity contribution is -0.134. The Morgan fingerprint density at radius 3 is 2.86 bits per heavy atom. The van der Waals surface area contributed by atoms with Crippen LogP contribution in [0.4, 0.5) is 10.2 Å². The molecule has 0 aliphatic carbocycles. The van der Waals surface area contributed by atoms with E-state index in [1.54, 1.807) is 13.0 Å². The normalized spacial score (nSPS) is 20.2. The minimum absolute atomic E-state index is 0.0779. The zero-order valence-corrected chi connectivity index (χ0v) is 12.0. The number of ether oxygens (including phenoxy) is 1. The van der Waals surface area contributed by atoms with Crippen LogP contribution in [0, 0.1) is 12.7 Å². The molecule has 2 aromatic rings. The van der Waals surface area contributed by atoms with Crippen molar-refractivity contribution in [2.75, 3.05) is 5.32 Å². The van der Waals surface area contributed by atoms with E-state index in [0.717, 1.165) is 0 Å². The van der Waals surface area contributed by atoms with Crippen molar-refractivity contribution in [3.63, 3.8) is 0 Å². The topological polar surface area (TPSA) is 81.4 Å². The van der Waals surface area contributed by atoms with E-state index in [0.29, 0.717) is 11.3 Å². The quantitative estimate of drug-likeness (QED) is 0.860. The number of benzene rings is 1. The first kappa shape index (κ1) is 14.2. The van der Waals surface area contributed by atoms with Gasteiger partial charge in [0.15, 0.2) is 11.4 Å². The summed E-state index contributed by atoms with van der Waals surface area (Å²) < 4.78 is 23.5. The van der Waals surface area contributed by atoms with Crippen LogP contribution in [0.2, 0.25) is 0 Å². The van der Waals surface area contributed by atoms with Gasteiger partial charge < -0.3 is 14.6 Å². The Morgan fingerprint density at radius 2 is 2.18 bits per heavy atom. The summed E-state index contributed by atoms with van der Waals surface area (Å²) in [6.07, 6.45) is 0.0779. The third kappa shape index (κ3) is 2.45. The number of halogens is 1. The Morgan fingerprint density at radius 1 is 1.41 bits per heavy atom. The van der Waals surface area contributed by atoms with Gasteiger partial charge in [-0.25, -0.2) is 9.18 Å². The lowest BCUT2D eigenvalue weighted by Crippen LogP contribution is -2.49. The predicted molar refractivity (Wildman–Crippen MR) is 73.8 cm³/mol. The monoisotopic (exact) mass is 304 g/mol. The van der Waals surface area contributed by atoms with E-state index in [1.807, 2.05) is 0 Å². The lowest BCUT2D eigenvalue weighted by Gasteiger charge is -2.32. The van der Waals surface area contributed by atoms with E-state index in [2.05, 4.69) is 10.5 Å². The fraction of sp³-hybridized carbons (Fsp3) is 0.267. The van der Waals surface area contributed by atoms with Crippen LogP contribution in [0.3, 0.4) is 0 Å². The highest BCUT2D eigenvalue weighted by molar-refractivity contribution is 6.02. The SMILES string of the molecule is Cc1cc(NC(=O)C2(C)Cc3cc(F)ccc3C(=O)O2)no1. The van der Waals surface area contributed by atoms with E-state index >= 15 is 0 Å². The van der Waals surface area contributed by atoms with E-state index in [1.165, 1.54) is 25.1 Å². The van der Waals surface area contributed by atoms with Crippen LogP contribution >= 0.6 is 0 Å². The summed E-state index contributed by atoms with van der Waals surface area (Å²) in [7, 11) is 0. The summed E-state index contributed by atoms with van der Waals surface area (Å²) in [5.74, 6) is -0.916. The molecule has 1 unspecified atom stereocenters. The van der Waals surface area contributed by atoms with Crippen LogP contribution in [-0.4, -0.2) is 22.6 Å². The number of aromatic nitrogens is 1. The molecule has 1 aromatic heterocycles. The third-order valence-electron chi connectivity index (χ3n) is 3.48. The zero-order chi connectivity index (χ0) is 15.9. The Labute approximate surface area is 125 Å². The number of carbonyl (C=O) groups is 2. The van der Waals surface area contributed by atoms with E-state index < -0.39 is 23.3 Å². The minimum atomic E-state index is -1.44. The Balaban J connectivity index is 1.87. The smallest absolute Gasteiger partial charge is 0.339 e. The molecule has 0 spiro atoms. The second-order valence-electron chi connectivity index (χ2n) is 5.38. The van der Waals surface area contributed by atoms with Gasteiger partial charge in [-0.3, -0.25) is 4.79 Å². The molecule has 0 radical (unpaired) electrons. The van der Waals surface area contributed by atoms with Crippen molar-refractivity contribution in [3.05, 3.63) is 47.0 Å². The first-order valence-electron chi connectivity index (χ1n) is 6.64. The van der Waals surface area contributed by atoms with Crippen LogP contribution in [0.1, 0.15) is 28.6 Å². The lowest BCUT2D eigenvalue weighted by atomic mass is 9.89. The number of amides is 1. The molecule has 0 fully saturated rings. The van der Waals surface area contributed by atoms with Gasteiger partial charge in [-0.15, -0.1) is 0 Å². The molecule has 0 saturated heterocycles. The summed E-state index contributed by atoms with van der Waals surface area (Å²) in [5, 5.41) is 6.18. The zero-order valence-electron chi connectivity index (χ0n) is 12.0. The fourth-order valence-corrected chi connectivity index (χ4v) is 2.37. The van der Waals surface area contributed by atoms with Gasteiger partial charge in [-0.1, -0.05) is 5.16 Å². The molecule has 7 heteroatoms. The molecule has 0 bridgehead atoms. The standard InChI is InChI=1S/C15H13FN2O4/c1-8-5-12(18-22-8)17-14(20)15(2)7-9-6-10(16)3-4-11(9)13(19)21-15/h3-6H,7H2,1-2H3,(H,17,18,20). The van der Waals surface area contributed by atoms with Crippen LogP contribution in [0.15, 0.2) is 28.8 Å². The van der Waals surface area contributed by atoms with Crippen molar-refractivity contribution in [2.24, 2.45) is 0 Å². The summed E-state index contributed by atoms with van der Waals surface area (Å²) >= 11 is 0. The van der Waals surface area contributed by atoms with Crippen molar-refractivity contribution in [1.29, 1.82) is 0 Å². The van der Waals surface area contributed by atoms with Gasteiger partial charge in [-0.2, -0.15) is 0 Å². The molecule has 0 saturated carbocycles. The number of fused-ring (bicyclic) bond motifs is 1. The van der Waals surface area contributed by atoms with Gasteiger partial charge in [-0.05, 0) is 37.6 Å². The number of hydrogen-bond donors (Lipinski definition) is 1. The molecule has 1 aliphatic rings. The first-order chi connectivity index (χ1) is 10.4. The number of carbonyl (C=O) groups excluding carboxylic acids is 2. The maximum Gasteiger partial charge on any atom is 0.339 e. The van der Waals surface area contributed by atoms with Crippen LogP contribution in [-0.2, 0) is 16.0 Å². The Kier molecular flexibility index (Phi) is 3.20. The molecule has 1 aliphatic heterocycles. The summed E-state index contributed by atoms with van der Waals surface area (Å²) in [5.41, 5.74) is -0.737. The molecule has 22 heavy (non-hydrogen) atoms. The molecule has 6 nitrogen and oxygen atoms in total. The molecular weight excluding hydrogens is 291 g/mol. The van der Waals surface area contributed by atoms with Crippen molar-refractivity contribution in [2.45, 2.75) is 25.9 Å². The highest BCUT2D eigenvalue weighted by atomic mass is 19.1. The summed E-state index contributed by atoms with van der Waals surface area (Å²) in [6, 6.07) is 5.31. The third-order valence-corrected chi connectivity index (χ3v) is 3.48. The molecule has 1 N–H and O–H groups in total. The van der Waals surface area contributed by atoms with E-state index in [9.17, 15) is 14.0 Å². The van der Waals surface area contributed by atoms with Gasteiger partial charge in [0.1, 0.15) is 11.6 Å². The molecular formula is C15H13FN2O4.